The molecule has 5 nitrogen and oxygen atoms in total. The molecule has 2 unspecified atom stereocenters. The van der Waals surface area contributed by atoms with Crippen molar-refractivity contribution in [2.75, 3.05) is 19.6 Å². The van der Waals surface area contributed by atoms with Crippen molar-refractivity contribution >= 4 is 23.2 Å². The Morgan fingerprint density at radius 2 is 2.35 bits per heavy atom. The van der Waals surface area contributed by atoms with Gasteiger partial charge in [-0.15, -0.1) is 0 Å². The fourth-order valence-corrected chi connectivity index (χ4v) is 2.93. The van der Waals surface area contributed by atoms with E-state index >= 15 is 0 Å². The van der Waals surface area contributed by atoms with Gasteiger partial charge in [0.2, 0.25) is 5.91 Å². The highest BCUT2D eigenvalue weighted by Gasteiger charge is 2.26. The average molecular weight is 296 g/mol. The van der Waals surface area contributed by atoms with Gasteiger partial charge in [0.1, 0.15) is 0 Å². The lowest BCUT2D eigenvalue weighted by Gasteiger charge is -2.34. The van der Waals surface area contributed by atoms with E-state index in [-0.39, 0.29) is 23.8 Å². The monoisotopic (exact) mass is 296 g/mol. The number of aliphatic hydroxyl groups is 1. The molecule has 0 radical (unpaired) electrons. The lowest BCUT2D eigenvalue weighted by atomic mass is 9.96. The quantitative estimate of drug-likeness (QED) is 0.874. The smallest absolute Gasteiger partial charge is 0.252 e. The number of likely N-dealkylation sites (tertiary alicyclic amines) is 1. The molecule has 0 saturated carbocycles. The Morgan fingerprint density at radius 1 is 1.55 bits per heavy atom. The molecule has 20 heavy (non-hydrogen) atoms. The molecule has 0 bridgehead atoms. The molecule has 6 heteroatoms. The summed E-state index contributed by atoms with van der Waals surface area (Å²) < 4.78 is 0. The second kappa shape index (κ2) is 6.85. The Morgan fingerprint density at radius 3 is 3.00 bits per heavy atom. The van der Waals surface area contributed by atoms with E-state index in [1.807, 2.05) is 12.3 Å². The second-order valence-electron chi connectivity index (χ2n) is 5.19. The molecule has 1 fully saturated rings. The van der Waals surface area contributed by atoms with Crippen LogP contribution in [0.1, 0.15) is 30.1 Å². The number of rotatable bonds is 4. The zero-order chi connectivity index (χ0) is 14.5. The van der Waals surface area contributed by atoms with Gasteiger partial charge in [0.25, 0.3) is 5.91 Å². The van der Waals surface area contributed by atoms with Gasteiger partial charge in [0.15, 0.2) is 0 Å². The number of nitrogens with zero attached hydrogens (tertiary/aromatic N) is 1. The van der Waals surface area contributed by atoms with Crippen molar-refractivity contribution in [1.29, 1.82) is 0 Å². The second-order valence-corrected chi connectivity index (χ2v) is 5.97. The molecule has 110 valence electrons. The maximum atomic E-state index is 12.0. The first-order chi connectivity index (χ1) is 9.58. The van der Waals surface area contributed by atoms with Crippen LogP contribution in [0, 0.1) is 5.92 Å². The number of carbonyl (C=O) groups is 2. The molecule has 1 aliphatic heterocycles. The summed E-state index contributed by atoms with van der Waals surface area (Å²) in [5.41, 5.74) is 0.636. The highest BCUT2D eigenvalue weighted by molar-refractivity contribution is 7.08. The molecule has 1 aromatic heterocycles. The molecule has 1 aromatic rings. The summed E-state index contributed by atoms with van der Waals surface area (Å²) in [6, 6.07) is 1.76. The van der Waals surface area contributed by atoms with E-state index in [2.05, 4.69) is 5.32 Å². The topological polar surface area (TPSA) is 69.6 Å². The molecular formula is C14H20N2O3S. The van der Waals surface area contributed by atoms with Crippen molar-refractivity contribution in [3.05, 3.63) is 22.4 Å². The van der Waals surface area contributed by atoms with E-state index < -0.39 is 0 Å². The number of thiophene rings is 1. The van der Waals surface area contributed by atoms with Crippen molar-refractivity contribution in [3.63, 3.8) is 0 Å². The number of nitrogens with one attached hydrogen (secondary N) is 1. The summed E-state index contributed by atoms with van der Waals surface area (Å²) >= 11 is 1.47. The van der Waals surface area contributed by atoms with Crippen LogP contribution in [0.3, 0.4) is 0 Å². The minimum Gasteiger partial charge on any atom is -0.393 e. The van der Waals surface area contributed by atoms with Gasteiger partial charge in [-0.05, 0) is 23.8 Å². The number of hydrogen-bond donors (Lipinski definition) is 2. The van der Waals surface area contributed by atoms with Crippen LogP contribution in [0.5, 0.6) is 0 Å². The maximum absolute atomic E-state index is 12.0. The Hall–Kier alpha value is -1.40. The first kappa shape index (κ1) is 15.0. The van der Waals surface area contributed by atoms with Gasteiger partial charge in [-0.3, -0.25) is 9.59 Å². The largest absolute Gasteiger partial charge is 0.393 e. The molecule has 2 N–H and O–H groups in total. The first-order valence-electron chi connectivity index (χ1n) is 6.84. The van der Waals surface area contributed by atoms with Crippen molar-refractivity contribution in [2.24, 2.45) is 5.92 Å². The lowest BCUT2D eigenvalue weighted by molar-refractivity contribution is -0.134. The van der Waals surface area contributed by atoms with E-state index in [4.69, 9.17) is 0 Å². The molecular weight excluding hydrogens is 276 g/mol. The van der Waals surface area contributed by atoms with Crippen LogP contribution in [-0.2, 0) is 4.79 Å². The molecule has 0 aromatic carbocycles. The fourth-order valence-electron chi connectivity index (χ4n) is 2.30. The van der Waals surface area contributed by atoms with Crippen LogP contribution >= 0.6 is 11.3 Å². The minimum absolute atomic E-state index is 0.0365. The van der Waals surface area contributed by atoms with Crippen LogP contribution in [0.15, 0.2) is 16.8 Å². The predicted molar refractivity (Wildman–Crippen MR) is 77.6 cm³/mol. The van der Waals surface area contributed by atoms with E-state index in [9.17, 15) is 14.7 Å². The molecule has 2 rings (SSSR count). The summed E-state index contributed by atoms with van der Waals surface area (Å²) in [6.07, 6.45) is 0.629. The molecule has 2 atom stereocenters. The van der Waals surface area contributed by atoms with Gasteiger partial charge in [-0.2, -0.15) is 11.3 Å². The zero-order valence-corrected chi connectivity index (χ0v) is 12.4. The predicted octanol–water partition coefficient (Wildman–Crippen LogP) is 1.10. The van der Waals surface area contributed by atoms with Crippen LogP contribution in [0.4, 0.5) is 0 Å². The van der Waals surface area contributed by atoms with E-state index in [0.29, 0.717) is 38.0 Å². The standard InChI is InChI=1S/C14H20N2O3S/c1-10-8-16(6-3-12(10)17)13(18)2-5-15-14(19)11-4-7-20-9-11/h4,7,9-10,12,17H,2-3,5-6,8H2,1H3,(H,15,19). The minimum atomic E-state index is -0.308. The number of aliphatic hydroxyl groups excluding tert-OH is 1. The van der Waals surface area contributed by atoms with Gasteiger partial charge in [0, 0.05) is 37.0 Å². The third-order valence-corrected chi connectivity index (χ3v) is 4.30. The average Bonchev–Trinajstić information content (AvgIpc) is 2.95. The molecule has 2 amide bonds. The van der Waals surface area contributed by atoms with E-state index in [0.717, 1.165) is 0 Å². The number of carbonyl (C=O) groups excluding carboxylic acids is 2. The fraction of sp³-hybridized carbons (Fsp3) is 0.571. The molecule has 0 spiro atoms. The zero-order valence-electron chi connectivity index (χ0n) is 11.5. The summed E-state index contributed by atoms with van der Waals surface area (Å²) in [5.74, 6) is 0.0175. The number of amides is 2. The summed E-state index contributed by atoms with van der Waals surface area (Å²) in [6.45, 7) is 3.49. The van der Waals surface area contributed by atoms with Gasteiger partial charge < -0.3 is 15.3 Å². The van der Waals surface area contributed by atoms with Gasteiger partial charge in [0.05, 0.1) is 6.10 Å². The van der Waals surface area contributed by atoms with E-state index in [1.165, 1.54) is 11.3 Å². The van der Waals surface area contributed by atoms with Crippen LogP contribution in [-0.4, -0.2) is 47.6 Å². The number of piperidine rings is 1. The van der Waals surface area contributed by atoms with Crippen molar-refractivity contribution in [2.45, 2.75) is 25.9 Å². The maximum Gasteiger partial charge on any atom is 0.252 e. The summed E-state index contributed by atoms with van der Waals surface area (Å²) in [4.78, 5) is 25.5. The van der Waals surface area contributed by atoms with E-state index in [1.54, 1.807) is 16.3 Å². The summed E-state index contributed by atoms with van der Waals surface area (Å²) in [7, 11) is 0. The Bertz CT molecular complexity index is 461. The molecule has 1 saturated heterocycles. The Labute approximate surface area is 122 Å². The molecule has 2 heterocycles. The molecule has 1 aliphatic rings. The summed E-state index contributed by atoms with van der Waals surface area (Å²) in [5, 5.41) is 16.0. The third-order valence-electron chi connectivity index (χ3n) is 3.62. The van der Waals surface area contributed by atoms with Crippen molar-refractivity contribution in [1.82, 2.24) is 10.2 Å². The van der Waals surface area contributed by atoms with Gasteiger partial charge in [-0.1, -0.05) is 6.92 Å². The van der Waals surface area contributed by atoms with Gasteiger partial charge >= 0.3 is 0 Å². The van der Waals surface area contributed by atoms with Gasteiger partial charge in [-0.25, -0.2) is 0 Å². The van der Waals surface area contributed by atoms with Crippen molar-refractivity contribution in [3.8, 4) is 0 Å². The number of hydrogen-bond acceptors (Lipinski definition) is 4. The van der Waals surface area contributed by atoms with Crippen LogP contribution in [0.25, 0.3) is 0 Å². The Kier molecular flexibility index (Phi) is 5.14. The highest BCUT2D eigenvalue weighted by Crippen LogP contribution is 2.17. The normalized spacial score (nSPS) is 22.6. The SMILES string of the molecule is CC1CN(C(=O)CCNC(=O)c2ccsc2)CCC1O. The van der Waals surface area contributed by atoms with Crippen molar-refractivity contribution < 1.29 is 14.7 Å². The van der Waals surface area contributed by atoms with Crippen LogP contribution in [0.2, 0.25) is 0 Å². The third kappa shape index (κ3) is 3.80. The Balaban J connectivity index is 1.71. The first-order valence-corrected chi connectivity index (χ1v) is 7.78. The molecule has 0 aliphatic carbocycles. The van der Waals surface area contributed by atoms with Crippen LogP contribution < -0.4 is 5.32 Å². The highest BCUT2D eigenvalue weighted by atomic mass is 32.1. The lowest BCUT2D eigenvalue weighted by Crippen LogP contribution is -2.45.